The van der Waals surface area contributed by atoms with Gasteiger partial charge in [-0.3, -0.25) is 9.89 Å². The third kappa shape index (κ3) is 5.23. The average molecular weight is 400 g/mol. The Kier molecular flexibility index (Phi) is 6.93. The molecular weight excluding hydrogens is 362 g/mol. The highest BCUT2D eigenvalue weighted by Gasteiger charge is 2.42. The van der Waals surface area contributed by atoms with Crippen LogP contribution in [0.25, 0.3) is 0 Å². The van der Waals surface area contributed by atoms with Gasteiger partial charge in [-0.2, -0.15) is 0 Å². The molecule has 1 aromatic rings. The van der Waals surface area contributed by atoms with Gasteiger partial charge in [0.05, 0.1) is 6.61 Å². The Bertz CT molecular complexity index is 650. The molecule has 1 N–H and O–H groups in total. The summed E-state index contributed by atoms with van der Waals surface area (Å²) in [5.74, 6) is 1.10. The molecule has 3 aliphatic rings. The zero-order valence-electron chi connectivity index (χ0n) is 18.0. The van der Waals surface area contributed by atoms with Crippen molar-refractivity contribution in [1.82, 2.24) is 15.1 Å². The first kappa shape index (κ1) is 20.5. The van der Waals surface area contributed by atoms with Gasteiger partial charge >= 0.3 is 0 Å². The minimum absolute atomic E-state index is 0.384. The molecule has 0 aliphatic carbocycles. The van der Waals surface area contributed by atoms with Gasteiger partial charge in [-0.25, -0.2) is 0 Å². The quantitative estimate of drug-likeness (QED) is 0.452. The molecule has 0 bridgehead atoms. The Balaban J connectivity index is 1.20. The summed E-state index contributed by atoms with van der Waals surface area (Å²) in [5, 5.41) is 3.51. The van der Waals surface area contributed by atoms with E-state index in [-0.39, 0.29) is 0 Å². The summed E-state index contributed by atoms with van der Waals surface area (Å²) in [6, 6.07) is 10.8. The molecular formula is C23H37N5O. The molecule has 3 fully saturated rings. The van der Waals surface area contributed by atoms with Crippen LogP contribution in [0.4, 0.5) is 5.69 Å². The van der Waals surface area contributed by atoms with E-state index in [1.54, 1.807) is 0 Å². The van der Waals surface area contributed by atoms with Crippen LogP contribution in [-0.2, 0) is 4.74 Å². The number of aliphatic imine (C=N–C) groups is 1. The third-order valence-electron chi connectivity index (χ3n) is 6.65. The Morgan fingerprint density at radius 1 is 1.10 bits per heavy atom. The first-order valence-electron chi connectivity index (χ1n) is 11.4. The van der Waals surface area contributed by atoms with Crippen molar-refractivity contribution < 1.29 is 4.74 Å². The van der Waals surface area contributed by atoms with Gasteiger partial charge in [0.15, 0.2) is 5.96 Å². The lowest BCUT2D eigenvalue weighted by molar-refractivity contribution is 0.156. The van der Waals surface area contributed by atoms with Gasteiger partial charge in [0.1, 0.15) is 0 Å². The largest absolute Gasteiger partial charge is 0.381 e. The number of likely N-dealkylation sites (tertiary alicyclic amines) is 1. The molecule has 4 rings (SSSR count). The monoisotopic (exact) mass is 399 g/mol. The van der Waals surface area contributed by atoms with E-state index < -0.39 is 0 Å². The van der Waals surface area contributed by atoms with E-state index in [0.29, 0.717) is 5.41 Å². The van der Waals surface area contributed by atoms with Crippen LogP contribution in [0.5, 0.6) is 0 Å². The van der Waals surface area contributed by atoms with Crippen molar-refractivity contribution in [2.75, 3.05) is 77.0 Å². The molecule has 1 atom stereocenters. The molecule has 3 heterocycles. The molecule has 29 heavy (non-hydrogen) atoms. The molecule has 1 aromatic carbocycles. The molecule has 1 spiro atoms. The minimum Gasteiger partial charge on any atom is -0.381 e. The van der Waals surface area contributed by atoms with E-state index in [2.05, 4.69) is 57.3 Å². The summed E-state index contributed by atoms with van der Waals surface area (Å²) in [6.45, 7) is 13.7. The van der Waals surface area contributed by atoms with Crippen LogP contribution in [0.1, 0.15) is 26.2 Å². The lowest BCUT2D eigenvalue weighted by Gasteiger charge is -2.36. The van der Waals surface area contributed by atoms with Crippen molar-refractivity contribution in [2.24, 2.45) is 10.4 Å². The molecule has 6 heteroatoms. The van der Waals surface area contributed by atoms with Crippen LogP contribution in [0, 0.1) is 5.41 Å². The third-order valence-corrected chi connectivity index (χ3v) is 6.65. The van der Waals surface area contributed by atoms with Gasteiger partial charge in [-0.05, 0) is 38.3 Å². The predicted octanol–water partition coefficient (Wildman–Crippen LogP) is 2.28. The summed E-state index contributed by atoms with van der Waals surface area (Å²) in [5.41, 5.74) is 1.73. The second-order valence-corrected chi connectivity index (χ2v) is 8.73. The van der Waals surface area contributed by atoms with Crippen LogP contribution in [-0.4, -0.2) is 87.9 Å². The molecule has 0 radical (unpaired) electrons. The summed E-state index contributed by atoms with van der Waals surface area (Å²) >= 11 is 0. The highest BCUT2D eigenvalue weighted by molar-refractivity contribution is 5.80. The smallest absolute Gasteiger partial charge is 0.193 e. The summed E-state index contributed by atoms with van der Waals surface area (Å²) in [6.07, 6.45) is 3.57. The number of benzene rings is 1. The number of para-hydroxylation sites is 1. The lowest BCUT2D eigenvalue weighted by atomic mass is 9.87. The normalized spacial score (nSPS) is 25.9. The number of hydrogen-bond acceptors (Lipinski definition) is 4. The van der Waals surface area contributed by atoms with E-state index in [4.69, 9.17) is 9.73 Å². The fourth-order valence-electron chi connectivity index (χ4n) is 4.86. The highest BCUT2D eigenvalue weighted by Crippen LogP contribution is 2.38. The van der Waals surface area contributed by atoms with Crippen molar-refractivity contribution >= 4 is 11.6 Å². The molecule has 0 saturated carbocycles. The number of anilines is 1. The van der Waals surface area contributed by atoms with Crippen molar-refractivity contribution in [3.05, 3.63) is 30.3 Å². The van der Waals surface area contributed by atoms with Gasteiger partial charge in [0.2, 0.25) is 0 Å². The fourth-order valence-corrected chi connectivity index (χ4v) is 4.86. The van der Waals surface area contributed by atoms with Gasteiger partial charge < -0.3 is 19.9 Å². The van der Waals surface area contributed by atoms with Gasteiger partial charge in [0, 0.05) is 76.6 Å². The maximum absolute atomic E-state index is 5.68. The topological polar surface area (TPSA) is 43.3 Å². The maximum atomic E-state index is 5.68. The fraction of sp³-hybridized carbons (Fsp3) is 0.696. The van der Waals surface area contributed by atoms with Crippen LogP contribution >= 0.6 is 0 Å². The van der Waals surface area contributed by atoms with Crippen LogP contribution in [0.2, 0.25) is 0 Å². The Hall–Kier alpha value is -1.79. The first-order valence-corrected chi connectivity index (χ1v) is 11.4. The number of ether oxygens (including phenoxy) is 1. The molecule has 0 aromatic heterocycles. The van der Waals surface area contributed by atoms with Crippen molar-refractivity contribution in [3.8, 4) is 0 Å². The predicted molar refractivity (Wildman–Crippen MR) is 120 cm³/mol. The average Bonchev–Trinajstić information content (AvgIpc) is 3.41. The summed E-state index contributed by atoms with van der Waals surface area (Å²) in [4.78, 5) is 12.5. The first-order chi connectivity index (χ1) is 14.3. The van der Waals surface area contributed by atoms with E-state index in [1.165, 1.54) is 18.5 Å². The maximum Gasteiger partial charge on any atom is 0.193 e. The lowest BCUT2D eigenvalue weighted by Crippen LogP contribution is -2.46. The van der Waals surface area contributed by atoms with E-state index in [1.807, 2.05) is 0 Å². The van der Waals surface area contributed by atoms with Gasteiger partial charge in [-0.15, -0.1) is 0 Å². The highest BCUT2D eigenvalue weighted by atomic mass is 16.5. The van der Waals surface area contributed by atoms with Crippen LogP contribution in [0.15, 0.2) is 35.3 Å². The Labute approximate surface area is 175 Å². The Morgan fingerprint density at radius 3 is 2.66 bits per heavy atom. The number of nitrogens with one attached hydrogen (secondary N) is 1. The van der Waals surface area contributed by atoms with Crippen LogP contribution in [0.3, 0.4) is 0 Å². The minimum atomic E-state index is 0.384. The standard InChI is InChI=1S/C23H37N5O/c1-2-24-22(28-13-9-23(19-28)10-18-29-20-23)25-11-6-12-26-14-16-27(17-15-26)21-7-4-3-5-8-21/h3-5,7-8H,2,6,9-20H2,1H3,(H,24,25). The van der Waals surface area contributed by atoms with Crippen molar-refractivity contribution in [1.29, 1.82) is 0 Å². The summed E-state index contributed by atoms with van der Waals surface area (Å²) < 4.78 is 5.68. The van der Waals surface area contributed by atoms with Gasteiger partial charge in [-0.1, -0.05) is 18.2 Å². The molecule has 160 valence electrons. The second-order valence-electron chi connectivity index (χ2n) is 8.73. The molecule has 1 unspecified atom stereocenters. The van der Waals surface area contributed by atoms with Crippen LogP contribution < -0.4 is 10.2 Å². The molecule has 3 saturated heterocycles. The second kappa shape index (κ2) is 9.81. The van der Waals surface area contributed by atoms with E-state index in [9.17, 15) is 0 Å². The van der Waals surface area contributed by atoms with E-state index in [0.717, 1.165) is 84.5 Å². The SMILES string of the molecule is CCNC(=NCCCN1CCN(c2ccccc2)CC1)N1CCC2(CCOC2)C1. The number of guanidine groups is 1. The van der Waals surface area contributed by atoms with Crippen molar-refractivity contribution in [2.45, 2.75) is 26.2 Å². The van der Waals surface area contributed by atoms with E-state index >= 15 is 0 Å². The molecule has 3 aliphatic heterocycles. The zero-order chi connectivity index (χ0) is 19.9. The number of rotatable bonds is 6. The zero-order valence-corrected chi connectivity index (χ0v) is 18.0. The molecule has 0 amide bonds. The summed E-state index contributed by atoms with van der Waals surface area (Å²) in [7, 11) is 0. The number of hydrogen-bond donors (Lipinski definition) is 1. The van der Waals surface area contributed by atoms with Gasteiger partial charge in [0.25, 0.3) is 0 Å². The number of piperazine rings is 1. The molecule has 6 nitrogen and oxygen atoms in total. The van der Waals surface area contributed by atoms with Crippen molar-refractivity contribution in [3.63, 3.8) is 0 Å². The number of nitrogens with zero attached hydrogens (tertiary/aromatic N) is 4. The Morgan fingerprint density at radius 2 is 1.93 bits per heavy atom.